The Morgan fingerprint density at radius 1 is 0.821 bits per heavy atom. The molecule has 0 nitrogen and oxygen atoms in total. The topological polar surface area (TPSA) is 0 Å². The minimum absolute atomic E-state index is 0.0776. The minimum atomic E-state index is -0.0776. The third-order valence-electron chi connectivity index (χ3n) is 7.42. The van der Waals surface area contributed by atoms with E-state index in [0.29, 0.717) is 5.92 Å². The van der Waals surface area contributed by atoms with Crippen LogP contribution < -0.4 is 0 Å². The van der Waals surface area contributed by atoms with E-state index in [9.17, 15) is 4.39 Å². The Labute approximate surface area is 169 Å². The van der Waals surface area contributed by atoms with Crippen molar-refractivity contribution in [3.63, 3.8) is 0 Å². The maximum Gasteiger partial charge on any atom is 0.131 e. The predicted octanol–water partition coefficient (Wildman–Crippen LogP) is 8.07. The van der Waals surface area contributed by atoms with Gasteiger partial charge >= 0.3 is 0 Å². The molecule has 2 saturated carbocycles. The van der Waals surface area contributed by atoms with Crippen LogP contribution in [0.5, 0.6) is 0 Å². The third kappa shape index (κ3) is 4.24. The van der Waals surface area contributed by atoms with E-state index in [1.807, 2.05) is 30.3 Å². The van der Waals surface area contributed by atoms with Gasteiger partial charge in [-0.15, -0.1) is 6.58 Å². The molecule has 4 rings (SSSR count). The maximum atomic E-state index is 14.8. The number of allylic oxidation sites excluding steroid dienone is 1. The molecule has 2 aromatic rings. The fraction of sp³-hybridized carbons (Fsp3) is 0.481. The molecule has 0 radical (unpaired) electrons. The highest BCUT2D eigenvalue weighted by Gasteiger charge is 2.30. The smallest absolute Gasteiger partial charge is 0.131 e. The molecule has 0 spiro atoms. The standard InChI is InChI=1S/C27H33F/c1-3-20-6-10-21(11-7-20)22-12-14-23(15-13-22)25-16-17-26(27(28)18-25)24-8-4-19(2)5-9-24/h3-5,8-9,16-18,20-23H,1,6-7,10-15H2,2H3. The van der Waals surface area contributed by atoms with Crippen molar-refractivity contribution >= 4 is 0 Å². The molecular formula is C27H33F. The zero-order chi connectivity index (χ0) is 19.5. The zero-order valence-corrected chi connectivity index (χ0v) is 17.2. The van der Waals surface area contributed by atoms with Crippen LogP contribution >= 0.6 is 0 Å². The fourth-order valence-corrected chi connectivity index (χ4v) is 5.53. The van der Waals surface area contributed by atoms with Crippen LogP contribution in [-0.2, 0) is 0 Å². The second-order valence-corrected chi connectivity index (χ2v) is 9.13. The molecule has 148 valence electrons. The molecule has 0 N–H and O–H groups in total. The summed E-state index contributed by atoms with van der Waals surface area (Å²) in [5.41, 5.74) is 4.09. The van der Waals surface area contributed by atoms with Crippen molar-refractivity contribution < 1.29 is 4.39 Å². The summed E-state index contributed by atoms with van der Waals surface area (Å²) >= 11 is 0. The Morgan fingerprint density at radius 3 is 2.00 bits per heavy atom. The van der Waals surface area contributed by atoms with Gasteiger partial charge in [0.25, 0.3) is 0 Å². The van der Waals surface area contributed by atoms with Crippen LogP contribution in [0.1, 0.15) is 68.4 Å². The highest BCUT2D eigenvalue weighted by molar-refractivity contribution is 5.64. The molecule has 1 heteroatoms. The van der Waals surface area contributed by atoms with E-state index in [-0.39, 0.29) is 5.82 Å². The van der Waals surface area contributed by atoms with E-state index in [2.05, 4.69) is 25.6 Å². The number of benzene rings is 2. The highest BCUT2D eigenvalue weighted by atomic mass is 19.1. The average molecular weight is 377 g/mol. The van der Waals surface area contributed by atoms with E-state index in [4.69, 9.17) is 0 Å². The van der Waals surface area contributed by atoms with Crippen molar-refractivity contribution in [2.45, 2.75) is 64.2 Å². The maximum absolute atomic E-state index is 14.8. The van der Waals surface area contributed by atoms with Gasteiger partial charge in [0.15, 0.2) is 0 Å². The van der Waals surface area contributed by atoms with Crippen LogP contribution in [0, 0.1) is 30.5 Å². The first-order valence-electron chi connectivity index (χ1n) is 11.1. The van der Waals surface area contributed by atoms with Crippen LogP contribution in [-0.4, -0.2) is 0 Å². The van der Waals surface area contributed by atoms with Gasteiger partial charge < -0.3 is 0 Å². The Morgan fingerprint density at radius 2 is 1.43 bits per heavy atom. The average Bonchev–Trinajstić information content (AvgIpc) is 2.75. The van der Waals surface area contributed by atoms with Gasteiger partial charge in [-0.1, -0.05) is 48.0 Å². The molecule has 0 aliphatic heterocycles. The number of hydrogen-bond acceptors (Lipinski definition) is 0. The van der Waals surface area contributed by atoms with E-state index in [1.165, 1.54) is 62.5 Å². The summed E-state index contributed by atoms with van der Waals surface area (Å²) < 4.78 is 14.8. The summed E-state index contributed by atoms with van der Waals surface area (Å²) in [6.45, 7) is 6.03. The van der Waals surface area contributed by atoms with E-state index in [0.717, 1.165) is 28.9 Å². The summed E-state index contributed by atoms with van der Waals surface area (Å²) in [7, 11) is 0. The largest absolute Gasteiger partial charge is 0.206 e. The summed E-state index contributed by atoms with van der Waals surface area (Å²) in [6, 6.07) is 14.1. The first kappa shape index (κ1) is 19.4. The van der Waals surface area contributed by atoms with Crippen LogP contribution in [0.4, 0.5) is 4.39 Å². The minimum Gasteiger partial charge on any atom is -0.206 e. The lowest BCUT2D eigenvalue weighted by Gasteiger charge is -2.37. The second-order valence-electron chi connectivity index (χ2n) is 9.13. The molecule has 0 unspecified atom stereocenters. The van der Waals surface area contributed by atoms with Crippen LogP contribution in [0.3, 0.4) is 0 Å². The fourth-order valence-electron chi connectivity index (χ4n) is 5.53. The molecule has 28 heavy (non-hydrogen) atoms. The quantitative estimate of drug-likeness (QED) is 0.473. The number of hydrogen-bond donors (Lipinski definition) is 0. The van der Waals surface area contributed by atoms with Gasteiger partial charge in [0, 0.05) is 5.56 Å². The molecule has 0 amide bonds. The second kappa shape index (κ2) is 8.64. The van der Waals surface area contributed by atoms with Crippen LogP contribution in [0.15, 0.2) is 55.1 Å². The Hall–Kier alpha value is -1.89. The molecule has 0 bridgehead atoms. The SMILES string of the molecule is C=CC1CCC(C2CCC(c3ccc(-c4ccc(C)cc4)c(F)c3)CC2)CC1. The van der Waals surface area contributed by atoms with Crippen molar-refractivity contribution in [2.24, 2.45) is 17.8 Å². The van der Waals surface area contributed by atoms with Crippen LogP contribution in [0.2, 0.25) is 0 Å². The molecular weight excluding hydrogens is 343 g/mol. The summed E-state index contributed by atoms with van der Waals surface area (Å²) in [4.78, 5) is 0. The molecule has 0 atom stereocenters. The van der Waals surface area contributed by atoms with Crippen LogP contribution in [0.25, 0.3) is 11.1 Å². The van der Waals surface area contributed by atoms with Gasteiger partial charge in [0.05, 0.1) is 0 Å². The lowest BCUT2D eigenvalue weighted by molar-refractivity contribution is 0.171. The molecule has 2 aliphatic rings. The number of aryl methyl sites for hydroxylation is 1. The van der Waals surface area contributed by atoms with Gasteiger partial charge in [-0.05, 0) is 99.2 Å². The number of halogens is 1. The molecule has 0 heterocycles. The first-order valence-corrected chi connectivity index (χ1v) is 11.1. The van der Waals surface area contributed by atoms with E-state index >= 15 is 0 Å². The van der Waals surface area contributed by atoms with Gasteiger partial charge in [0.1, 0.15) is 5.82 Å². The Balaban J connectivity index is 1.37. The number of rotatable bonds is 4. The van der Waals surface area contributed by atoms with Crippen molar-refractivity contribution in [2.75, 3.05) is 0 Å². The van der Waals surface area contributed by atoms with Crippen molar-refractivity contribution in [3.05, 3.63) is 72.1 Å². The lowest BCUT2D eigenvalue weighted by atomic mass is 9.68. The van der Waals surface area contributed by atoms with Crippen molar-refractivity contribution in [1.29, 1.82) is 0 Å². The highest BCUT2D eigenvalue weighted by Crippen LogP contribution is 2.44. The predicted molar refractivity (Wildman–Crippen MR) is 117 cm³/mol. The molecule has 2 fully saturated rings. The monoisotopic (exact) mass is 376 g/mol. The summed E-state index contributed by atoms with van der Waals surface area (Å²) in [5.74, 6) is 3.01. The van der Waals surface area contributed by atoms with Gasteiger partial charge in [0.2, 0.25) is 0 Å². The molecule has 0 saturated heterocycles. The van der Waals surface area contributed by atoms with Crippen molar-refractivity contribution in [3.8, 4) is 11.1 Å². The van der Waals surface area contributed by atoms with Gasteiger partial charge in [-0.2, -0.15) is 0 Å². The third-order valence-corrected chi connectivity index (χ3v) is 7.42. The normalized spacial score (nSPS) is 28.1. The Kier molecular flexibility index (Phi) is 5.99. The Bertz CT molecular complexity index is 788. The summed E-state index contributed by atoms with van der Waals surface area (Å²) in [5, 5.41) is 0. The molecule has 0 aromatic heterocycles. The van der Waals surface area contributed by atoms with Gasteiger partial charge in [-0.25, -0.2) is 4.39 Å². The van der Waals surface area contributed by atoms with Gasteiger partial charge in [-0.3, -0.25) is 0 Å². The van der Waals surface area contributed by atoms with E-state index < -0.39 is 0 Å². The molecule has 2 aromatic carbocycles. The zero-order valence-electron chi connectivity index (χ0n) is 17.2. The van der Waals surface area contributed by atoms with Crippen molar-refractivity contribution in [1.82, 2.24) is 0 Å². The van der Waals surface area contributed by atoms with E-state index in [1.54, 1.807) is 6.07 Å². The first-order chi connectivity index (χ1) is 13.6. The lowest BCUT2D eigenvalue weighted by Crippen LogP contribution is -2.25. The molecule has 2 aliphatic carbocycles. The summed E-state index contributed by atoms with van der Waals surface area (Å²) in [6.07, 6.45) is 12.6.